The van der Waals surface area contributed by atoms with E-state index >= 15 is 0 Å². The van der Waals surface area contributed by atoms with Crippen molar-refractivity contribution in [3.63, 3.8) is 0 Å². The van der Waals surface area contributed by atoms with Crippen LogP contribution in [-0.4, -0.2) is 11.8 Å². The van der Waals surface area contributed by atoms with Crippen LogP contribution in [0.4, 0.5) is 5.82 Å². The van der Waals surface area contributed by atoms with Crippen LogP contribution in [0.15, 0.2) is 33.3 Å². The van der Waals surface area contributed by atoms with Gasteiger partial charge in [-0.2, -0.15) is 0 Å². The van der Waals surface area contributed by atoms with Crippen LogP contribution in [0.5, 0.6) is 5.75 Å². The van der Waals surface area contributed by atoms with Gasteiger partial charge in [0.05, 0.1) is 6.61 Å². The van der Waals surface area contributed by atoms with Crippen LogP contribution in [0.1, 0.15) is 6.92 Å². The summed E-state index contributed by atoms with van der Waals surface area (Å²) in [4.78, 5) is 0. The Hall–Kier alpha value is -1.49. The molecule has 0 radical (unpaired) electrons. The summed E-state index contributed by atoms with van der Waals surface area (Å²) < 4.78 is 11.1. The Kier molecular flexibility index (Phi) is 3.14. The Balaban J connectivity index is 2.31. The van der Waals surface area contributed by atoms with Crippen LogP contribution in [0, 0.1) is 0 Å². The van der Waals surface area contributed by atoms with Crippen molar-refractivity contribution < 1.29 is 9.26 Å². The molecule has 5 heteroatoms. The molecule has 0 aliphatic rings. The van der Waals surface area contributed by atoms with Crippen molar-refractivity contribution in [2.24, 2.45) is 0 Å². The van der Waals surface area contributed by atoms with E-state index in [0.29, 0.717) is 22.7 Å². The fraction of sp³-hybridized carbons (Fsp3) is 0.182. The van der Waals surface area contributed by atoms with Crippen molar-refractivity contribution in [3.05, 3.63) is 28.7 Å². The lowest BCUT2D eigenvalue weighted by molar-refractivity contribution is 0.340. The molecule has 0 spiro atoms. The quantitative estimate of drug-likeness (QED) is 0.940. The second-order valence-electron chi connectivity index (χ2n) is 3.17. The number of ether oxygens (including phenoxy) is 1. The van der Waals surface area contributed by atoms with Gasteiger partial charge in [-0.1, -0.05) is 5.16 Å². The Morgan fingerprint density at radius 2 is 2.06 bits per heavy atom. The first kappa shape index (κ1) is 11.0. The van der Waals surface area contributed by atoms with Crippen LogP contribution in [0.3, 0.4) is 0 Å². The van der Waals surface area contributed by atoms with Gasteiger partial charge < -0.3 is 15.0 Å². The van der Waals surface area contributed by atoms with E-state index in [1.165, 1.54) is 0 Å². The van der Waals surface area contributed by atoms with Crippen molar-refractivity contribution in [2.75, 3.05) is 12.3 Å². The third kappa shape index (κ3) is 2.04. The molecule has 2 aromatic rings. The molecule has 0 amide bonds. The second-order valence-corrected chi connectivity index (χ2v) is 3.96. The highest BCUT2D eigenvalue weighted by Crippen LogP contribution is 2.33. The minimum Gasteiger partial charge on any atom is -0.494 e. The van der Waals surface area contributed by atoms with Gasteiger partial charge in [0, 0.05) is 5.56 Å². The van der Waals surface area contributed by atoms with Crippen LogP contribution < -0.4 is 10.5 Å². The molecule has 0 atom stereocenters. The van der Waals surface area contributed by atoms with E-state index < -0.39 is 0 Å². The van der Waals surface area contributed by atoms with E-state index in [0.717, 1.165) is 11.3 Å². The van der Waals surface area contributed by atoms with Crippen molar-refractivity contribution in [3.8, 4) is 17.1 Å². The Morgan fingerprint density at radius 1 is 1.38 bits per heavy atom. The standard InChI is InChI=1S/C11H11BrN2O2/c1-2-15-8-5-3-7(4-6-8)10-9(12)11(13)14-16-10/h3-6H,2H2,1H3,(H2,13,14). The van der Waals surface area contributed by atoms with Crippen LogP contribution in [0.25, 0.3) is 11.3 Å². The molecule has 0 aliphatic carbocycles. The van der Waals surface area contributed by atoms with E-state index in [1.807, 2.05) is 31.2 Å². The average Bonchev–Trinajstić information content (AvgIpc) is 2.62. The first-order valence-corrected chi connectivity index (χ1v) is 5.65. The van der Waals surface area contributed by atoms with Gasteiger partial charge in [0.1, 0.15) is 10.2 Å². The van der Waals surface area contributed by atoms with Gasteiger partial charge in [-0.05, 0) is 47.1 Å². The van der Waals surface area contributed by atoms with Crippen LogP contribution in [-0.2, 0) is 0 Å². The average molecular weight is 283 g/mol. The number of nitrogen functional groups attached to an aromatic ring is 1. The fourth-order valence-corrected chi connectivity index (χ4v) is 1.71. The lowest BCUT2D eigenvalue weighted by Crippen LogP contribution is -1.90. The van der Waals surface area contributed by atoms with E-state index in [1.54, 1.807) is 0 Å². The van der Waals surface area contributed by atoms with Gasteiger partial charge >= 0.3 is 0 Å². The van der Waals surface area contributed by atoms with E-state index in [2.05, 4.69) is 21.1 Å². The normalized spacial score (nSPS) is 10.4. The maximum absolute atomic E-state index is 5.58. The summed E-state index contributed by atoms with van der Waals surface area (Å²) in [6.45, 7) is 2.60. The van der Waals surface area contributed by atoms with Gasteiger partial charge in [-0.15, -0.1) is 0 Å². The van der Waals surface area contributed by atoms with Crippen molar-refractivity contribution in [1.29, 1.82) is 0 Å². The number of nitrogens with zero attached hydrogens (tertiary/aromatic N) is 1. The van der Waals surface area contributed by atoms with Gasteiger partial charge in [-0.3, -0.25) is 0 Å². The molecule has 84 valence electrons. The first-order valence-electron chi connectivity index (χ1n) is 4.86. The second kappa shape index (κ2) is 4.57. The number of rotatable bonds is 3. The lowest BCUT2D eigenvalue weighted by atomic mass is 10.1. The van der Waals surface area contributed by atoms with Crippen LogP contribution in [0.2, 0.25) is 0 Å². The number of halogens is 1. The Morgan fingerprint density at radius 3 is 2.56 bits per heavy atom. The summed E-state index contributed by atoms with van der Waals surface area (Å²) in [5, 5.41) is 3.68. The topological polar surface area (TPSA) is 61.3 Å². The third-order valence-corrected chi connectivity index (χ3v) is 2.85. The highest BCUT2D eigenvalue weighted by Gasteiger charge is 2.12. The van der Waals surface area contributed by atoms with Crippen molar-refractivity contribution in [1.82, 2.24) is 5.16 Å². The summed E-state index contributed by atoms with van der Waals surface area (Å²) in [6.07, 6.45) is 0. The molecule has 0 fully saturated rings. The Labute approximate surface area is 102 Å². The highest BCUT2D eigenvalue weighted by molar-refractivity contribution is 9.10. The maximum atomic E-state index is 5.58. The third-order valence-electron chi connectivity index (χ3n) is 2.09. The molecule has 1 aromatic heterocycles. The minimum absolute atomic E-state index is 0.351. The zero-order valence-corrected chi connectivity index (χ0v) is 10.3. The van der Waals surface area contributed by atoms with Gasteiger partial charge in [-0.25, -0.2) is 0 Å². The number of benzene rings is 1. The van der Waals surface area contributed by atoms with E-state index in [-0.39, 0.29) is 0 Å². The molecular formula is C11H11BrN2O2. The molecule has 1 aromatic carbocycles. The fourth-order valence-electron chi connectivity index (χ4n) is 1.34. The monoisotopic (exact) mass is 282 g/mol. The molecule has 2 N–H and O–H groups in total. The smallest absolute Gasteiger partial charge is 0.183 e. The molecule has 0 bridgehead atoms. The van der Waals surface area contributed by atoms with Crippen molar-refractivity contribution >= 4 is 21.7 Å². The largest absolute Gasteiger partial charge is 0.494 e. The molecular weight excluding hydrogens is 272 g/mol. The van der Waals surface area contributed by atoms with E-state index in [9.17, 15) is 0 Å². The molecule has 16 heavy (non-hydrogen) atoms. The van der Waals surface area contributed by atoms with Crippen LogP contribution >= 0.6 is 15.9 Å². The molecule has 0 saturated carbocycles. The summed E-state index contributed by atoms with van der Waals surface area (Å²) in [6, 6.07) is 7.55. The van der Waals surface area contributed by atoms with E-state index in [4.69, 9.17) is 15.0 Å². The summed E-state index contributed by atoms with van der Waals surface area (Å²) in [7, 11) is 0. The summed E-state index contributed by atoms with van der Waals surface area (Å²) in [5.41, 5.74) is 6.48. The minimum atomic E-state index is 0.351. The van der Waals surface area contributed by atoms with Gasteiger partial charge in [0.2, 0.25) is 0 Å². The molecule has 0 aliphatic heterocycles. The summed E-state index contributed by atoms with van der Waals surface area (Å²) in [5.74, 6) is 1.80. The first-order chi connectivity index (χ1) is 7.72. The molecule has 0 unspecified atom stereocenters. The lowest BCUT2D eigenvalue weighted by Gasteiger charge is -2.02. The molecule has 2 rings (SSSR count). The number of hydrogen-bond donors (Lipinski definition) is 1. The molecule has 0 saturated heterocycles. The number of aromatic nitrogens is 1. The maximum Gasteiger partial charge on any atom is 0.183 e. The highest BCUT2D eigenvalue weighted by atomic mass is 79.9. The predicted molar refractivity (Wildman–Crippen MR) is 65.2 cm³/mol. The number of nitrogens with two attached hydrogens (primary N) is 1. The Bertz CT molecular complexity index is 479. The van der Waals surface area contributed by atoms with Gasteiger partial charge in [0.25, 0.3) is 0 Å². The molecule has 4 nitrogen and oxygen atoms in total. The zero-order valence-electron chi connectivity index (χ0n) is 8.74. The number of anilines is 1. The number of hydrogen-bond acceptors (Lipinski definition) is 4. The van der Waals surface area contributed by atoms with Crippen molar-refractivity contribution in [2.45, 2.75) is 6.92 Å². The zero-order chi connectivity index (χ0) is 11.5. The summed E-state index contributed by atoms with van der Waals surface area (Å²) >= 11 is 3.32. The molecule has 1 heterocycles. The SMILES string of the molecule is CCOc1ccc(-c2onc(N)c2Br)cc1. The predicted octanol–water partition coefficient (Wildman–Crippen LogP) is 3.09. The van der Waals surface area contributed by atoms with Gasteiger partial charge in [0.15, 0.2) is 11.6 Å².